The second kappa shape index (κ2) is 19.7. The van der Waals surface area contributed by atoms with Gasteiger partial charge in [0, 0.05) is 13.1 Å². The highest BCUT2D eigenvalue weighted by Crippen LogP contribution is 2.36. The van der Waals surface area contributed by atoms with E-state index in [4.69, 9.17) is 20.9 Å². The number of rotatable bonds is 25. The lowest BCUT2D eigenvalue weighted by Crippen LogP contribution is -2.42. The summed E-state index contributed by atoms with van der Waals surface area (Å²) in [5.74, 6) is -0.506. The largest absolute Gasteiger partial charge is 0.368 e. The molecule has 6 unspecified atom stereocenters. The van der Waals surface area contributed by atoms with Gasteiger partial charge in [-0.15, -0.1) is 0 Å². The third-order valence-corrected chi connectivity index (χ3v) is 10.3. The Morgan fingerprint density at radius 1 is 0.692 bits per heavy atom. The molecular formula is C28H50N14O8P2. The summed E-state index contributed by atoms with van der Waals surface area (Å²) in [7, 11) is -7.40. The highest BCUT2D eigenvalue weighted by molar-refractivity contribution is 7.55. The molecule has 290 valence electrons. The molecule has 4 rings (SSSR count). The van der Waals surface area contributed by atoms with Gasteiger partial charge in [0.15, 0.2) is 12.1 Å². The fourth-order valence-electron chi connectivity index (χ4n) is 5.26. The number of hydrogen-bond donors (Lipinski definition) is 8. The number of carbonyl (C=O) groups is 2. The molecule has 2 amide bonds. The number of guanidine groups is 2. The van der Waals surface area contributed by atoms with Gasteiger partial charge in [-0.25, -0.2) is 10.2 Å². The Hall–Kier alpha value is -3.30. The van der Waals surface area contributed by atoms with Gasteiger partial charge in [0.05, 0.1) is 38.0 Å². The van der Waals surface area contributed by atoms with Crippen LogP contribution in [0.25, 0.3) is 0 Å². The zero-order valence-electron chi connectivity index (χ0n) is 29.3. The number of carbonyl (C=O) groups excluding carboxylic acids is 2. The Morgan fingerprint density at radius 3 is 1.48 bits per heavy atom. The average molecular weight is 773 g/mol. The first-order valence-electron chi connectivity index (χ1n) is 17.0. The van der Waals surface area contributed by atoms with E-state index in [1.54, 1.807) is 23.6 Å². The van der Waals surface area contributed by atoms with Gasteiger partial charge < -0.3 is 51.2 Å². The molecule has 24 heteroatoms. The lowest BCUT2D eigenvalue weighted by molar-refractivity contribution is -0.118. The first-order chi connectivity index (χ1) is 24.7. The van der Waals surface area contributed by atoms with Crippen molar-refractivity contribution in [2.45, 2.75) is 63.8 Å². The van der Waals surface area contributed by atoms with E-state index in [-0.39, 0.29) is 37.7 Å². The molecule has 0 spiro atoms. The zero-order chi connectivity index (χ0) is 37.7. The van der Waals surface area contributed by atoms with Crippen LogP contribution in [-0.2, 0) is 28.2 Å². The van der Waals surface area contributed by atoms with Crippen LogP contribution in [0.1, 0.15) is 39.5 Å². The highest BCUT2D eigenvalue weighted by Gasteiger charge is 2.37. The Morgan fingerprint density at radius 2 is 1.08 bits per heavy atom. The van der Waals surface area contributed by atoms with Crippen molar-refractivity contribution < 1.29 is 38.0 Å². The van der Waals surface area contributed by atoms with Gasteiger partial charge in [0.1, 0.15) is 24.4 Å². The summed E-state index contributed by atoms with van der Waals surface area (Å²) in [5.41, 5.74) is 11.2. The van der Waals surface area contributed by atoms with Gasteiger partial charge >= 0.3 is 0 Å². The average Bonchev–Trinajstić information content (AvgIpc) is 3.67. The van der Waals surface area contributed by atoms with E-state index in [9.17, 15) is 28.5 Å². The van der Waals surface area contributed by atoms with Crippen molar-refractivity contribution in [3.05, 3.63) is 0 Å². The van der Waals surface area contributed by atoms with Gasteiger partial charge in [-0.3, -0.25) is 28.7 Å². The number of fused-ring (bicyclic) bond motifs is 2. The Bertz CT molecular complexity index is 1440. The molecule has 22 nitrogen and oxygen atoms in total. The van der Waals surface area contributed by atoms with Crippen molar-refractivity contribution >= 4 is 63.1 Å². The lowest BCUT2D eigenvalue weighted by atomic mass is 10.2. The summed E-state index contributed by atoms with van der Waals surface area (Å²) in [6.07, 6.45) is 4.50. The van der Waals surface area contributed by atoms with Gasteiger partial charge in [0.2, 0.25) is 11.9 Å². The quantitative estimate of drug-likeness (QED) is 0.0365. The third kappa shape index (κ3) is 13.3. The molecule has 0 saturated carbocycles. The fraction of sp³-hybridized carbons (Fsp3) is 0.714. The van der Waals surface area contributed by atoms with E-state index in [2.05, 4.69) is 50.8 Å². The topological polar surface area (TPSA) is 308 Å². The smallest absolute Gasteiger partial charge is 0.292 e. The number of unbranched alkanes of at least 4 members (excludes halogenated alkanes) is 1. The normalized spacial score (nSPS) is 23.0. The molecule has 52 heavy (non-hydrogen) atoms. The summed E-state index contributed by atoms with van der Waals surface area (Å²) >= 11 is 0. The van der Waals surface area contributed by atoms with Gasteiger partial charge in [0.25, 0.3) is 26.9 Å². The lowest BCUT2D eigenvalue weighted by Gasteiger charge is -2.24. The molecule has 4 aliphatic heterocycles. The highest BCUT2D eigenvalue weighted by atomic mass is 31.2. The van der Waals surface area contributed by atoms with Gasteiger partial charge in [-0.2, -0.15) is 20.0 Å². The number of nitrogens with one attached hydrogen (secondary N) is 4. The molecule has 0 saturated heterocycles. The summed E-state index contributed by atoms with van der Waals surface area (Å²) in [6, 6.07) is -1.62. The van der Waals surface area contributed by atoms with E-state index in [1.807, 2.05) is 0 Å². The van der Waals surface area contributed by atoms with E-state index >= 15 is 0 Å². The molecule has 0 aromatic rings. The SMILES string of the molecule is CC(CN1C=NC2C(=O)N=C(N)N=C21)OCP(=O)(O)NCCCNCCCCNCCCNP(=O)(O)COC(C)CN1C=NC2C(=O)N=C(N)N=C21. The van der Waals surface area contributed by atoms with E-state index in [0.29, 0.717) is 50.7 Å². The molecule has 10 N–H and O–H groups in total. The summed E-state index contributed by atoms with van der Waals surface area (Å²) < 4.78 is 36.1. The maximum Gasteiger partial charge on any atom is 0.292 e. The van der Waals surface area contributed by atoms with E-state index < -0.39 is 51.1 Å². The molecule has 0 fully saturated rings. The van der Waals surface area contributed by atoms with Crippen LogP contribution in [0.15, 0.2) is 30.0 Å². The number of ether oxygens (including phenoxy) is 2. The van der Waals surface area contributed by atoms with Crippen LogP contribution in [0.2, 0.25) is 0 Å². The first kappa shape index (κ1) is 41.5. The number of hydrogen-bond acceptors (Lipinski definition) is 16. The molecule has 0 bridgehead atoms. The second-order valence-electron chi connectivity index (χ2n) is 12.5. The molecule has 6 atom stereocenters. The number of nitrogens with zero attached hydrogens (tertiary/aromatic N) is 8. The monoisotopic (exact) mass is 772 g/mol. The molecule has 0 aromatic carbocycles. The fourth-order valence-corrected chi connectivity index (χ4v) is 7.38. The van der Waals surface area contributed by atoms with Crippen LogP contribution in [-0.4, -0.2) is 157 Å². The number of nitrogens with two attached hydrogens (primary N) is 2. The predicted molar refractivity (Wildman–Crippen MR) is 197 cm³/mol. The summed E-state index contributed by atoms with van der Waals surface area (Å²) in [4.78, 5) is 71.1. The maximum absolute atomic E-state index is 12.5. The van der Waals surface area contributed by atoms with E-state index in [1.165, 1.54) is 12.7 Å². The van der Waals surface area contributed by atoms with Crippen molar-refractivity contribution in [1.29, 1.82) is 0 Å². The maximum atomic E-state index is 12.5. The van der Waals surface area contributed by atoms with Crippen molar-refractivity contribution in [3.8, 4) is 0 Å². The number of aliphatic imine (C=N–C) groups is 6. The Balaban J connectivity index is 0.929. The molecule has 0 aromatic heterocycles. The number of amidine groups is 2. The second-order valence-corrected chi connectivity index (χ2v) is 16.5. The van der Waals surface area contributed by atoms with Crippen molar-refractivity contribution in [2.75, 3.05) is 65.1 Å². The van der Waals surface area contributed by atoms with Crippen LogP contribution < -0.4 is 32.3 Å². The van der Waals surface area contributed by atoms with Crippen LogP contribution in [0.4, 0.5) is 0 Å². The predicted octanol–water partition coefficient (Wildman–Crippen LogP) is -2.07. The standard InChI is InChI=1S/C28H50N14O8P2/c1-19(13-41-15-33-21-23(41)37-27(29)39-25(21)43)49-17-51(45,46)35-11-5-9-31-7-3-4-8-32-10-6-12-36-52(47,48)18-50-20(2)14-42-16-34-22-24(42)38-28(30)40-26(22)44/h15-16,19-22,31-32H,3-14,17-18H2,1-2H3,(H2,29,39,43)(H2,30,40,44)(H2,35,45,46)(H2,36,47,48). The first-order valence-corrected chi connectivity index (χ1v) is 20.7. The Kier molecular flexibility index (Phi) is 15.7. The van der Waals surface area contributed by atoms with Crippen LogP contribution in [0.5, 0.6) is 0 Å². The summed E-state index contributed by atoms with van der Waals surface area (Å²) in [5, 5.41) is 12.0. The van der Waals surface area contributed by atoms with Gasteiger partial charge in [-0.1, -0.05) is 0 Å². The molecule has 4 heterocycles. The third-order valence-electron chi connectivity index (χ3n) is 7.87. The summed E-state index contributed by atoms with van der Waals surface area (Å²) in [6.45, 7) is 7.70. The molecule has 0 radical (unpaired) electrons. The minimum atomic E-state index is -3.70. The van der Waals surface area contributed by atoms with Crippen molar-refractivity contribution in [2.24, 2.45) is 41.4 Å². The van der Waals surface area contributed by atoms with Crippen LogP contribution >= 0.6 is 15.0 Å². The van der Waals surface area contributed by atoms with Crippen LogP contribution in [0.3, 0.4) is 0 Å². The van der Waals surface area contributed by atoms with Crippen molar-refractivity contribution in [3.63, 3.8) is 0 Å². The van der Waals surface area contributed by atoms with Crippen LogP contribution in [0, 0.1) is 0 Å². The van der Waals surface area contributed by atoms with Crippen molar-refractivity contribution in [1.82, 2.24) is 30.6 Å². The molecular weight excluding hydrogens is 722 g/mol. The molecule has 4 aliphatic rings. The number of amides is 2. The zero-order valence-corrected chi connectivity index (χ0v) is 31.1. The minimum absolute atomic E-state index is 0.132. The van der Waals surface area contributed by atoms with E-state index in [0.717, 1.165) is 25.9 Å². The Labute approximate surface area is 301 Å². The minimum Gasteiger partial charge on any atom is -0.368 e. The van der Waals surface area contributed by atoms with Gasteiger partial charge in [-0.05, 0) is 65.7 Å². The molecule has 0 aliphatic carbocycles.